The third kappa shape index (κ3) is 30.9. The Hall–Kier alpha value is -1.20. The van der Waals surface area contributed by atoms with Crippen LogP contribution in [0.5, 0.6) is 0 Å². The smallest absolute Gasteiger partial charge is 0.168 e. The molecule has 51 heavy (non-hydrogen) atoms. The third-order valence-electron chi connectivity index (χ3n) is 10.4. The molecule has 1 saturated heterocycles. The molecule has 1 heterocycles. The van der Waals surface area contributed by atoms with E-state index >= 15 is 0 Å². The summed E-state index contributed by atoms with van der Waals surface area (Å²) < 4.78 is 13.4. The third-order valence-corrected chi connectivity index (χ3v) is 10.4. The lowest BCUT2D eigenvalue weighted by Gasteiger charge is -2.29. The van der Waals surface area contributed by atoms with Gasteiger partial charge in [-0.25, -0.2) is 0 Å². The average Bonchev–Trinajstić information content (AvgIpc) is 3.53. The fourth-order valence-electron chi connectivity index (χ4n) is 7.18. The molecule has 0 radical (unpaired) electrons. The van der Waals surface area contributed by atoms with Gasteiger partial charge in [0, 0.05) is 19.4 Å². The van der Waals surface area contributed by atoms with Gasteiger partial charge in [0.05, 0.1) is 12.7 Å². The van der Waals surface area contributed by atoms with E-state index in [1.807, 2.05) is 0 Å². The van der Waals surface area contributed by atoms with E-state index < -0.39 is 0 Å². The fourth-order valence-corrected chi connectivity index (χ4v) is 7.18. The van der Waals surface area contributed by atoms with Crippen LogP contribution in [-0.2, 0) is 9.47 Å². The molecule has 2 N–H and O–H groups in total. The summed E-state index contributed by atoms with van der Waals surface area (Å²) in [6.07, 6.45) is 57.0. The van der Waals surface area contributed by atoms with Gasteiger partial charge in [0.25, 0.3) is 0 Å². The summed E-state index contributed by atoms with van der Waals surface area (Å²) in [6, 6.07) is 0. The summed E-state index contributed by atoms with van der Waals surface area (Å²) in [7, 11) is 2.25. The Kier molecular flexibility index (Phi) is 34.8. The van der Waals surface area contributed by atoms with Crippen LogP contribution in [0.4, 0.5) is 0 Å². The molecule has 0 amide bonds. The Morgan fingerprint density at radius 2 is 0.941 bits per heavy atom. The maximum absolute atomic E-state index is 6.81. The van der Waals surface area contributed by atoms with Gasteiger partial charge in [-0.05, 0) is 110 Å². The lowest BCUT2D eigenvalue weighted by Crippen LogP contribution is -2.35. The number of hydrogen-bond donors (Lipinski definition) is 1. The summed E-state index contributed by atoms with van der Waals surface area (Å²) >= 11 is 0. The number of nitrogens with two attached hydrogens (primary N) is 1. The minimum Gasteiger partial charge on any atom is -0.347 e. The predicted octanol–water partition coefficient (Wildman–Crippen LogP) is 14.0. The SMILES string of the molecule is CCCCCC=CCC=CCCCCCCCCC1(CCCCCCCCC=CCC=CCCCCC)OCC(CN(C)CCCCCCN)O1. The molecule has 1 atom stereocenters. The van der Waals surface area contributed by atoms with Gasteiger partial charge in [-0.3, -0.25) is 0 Å². The van der Waals surface area contributed by atoms with Crippen molar-refractivity contribution < 1.29 is 9.47 Å². The topological polar surface area (TPSA) is 47.7 Å². The number of nitrogens with zero attached hydrogens (tertiary/aromatic N) is 1. The minimum absolute atomic E-state index is 0.202. The largest absolute Gasteiger partial charge is 0.347 e. The van der Waals surface area contributed by atoms with Crippen molar-refractivity contribution in [3.63, 3.8) is 0 Å². The van der Waals surface area contributed by atoms with Crippen LogP contribution < -0.4 is 5.73 Å². The summed E-state index contributed by atoms with van der Waals surface area (Å²) in [5.74, 6) is -0.350. The molecule has 4 nitrogen and oxygen atoms in total. The molecule has 1 aliphatic rings. The van der Waals surface area contributed by atoms with Gasteiger partial charge in [-0.15, -0.1) is 0 Å². The van der Waals surface area contributed by atoms with E-state index in [4.69, 9.17) is 15.2 Å². The van der Waals surface area contributed by atoms with E-state index in [9.17, 15) is 0 Å². The minimum atomic E-state index is -0.350. The summed E-state index contributed by atoms with van der Waals surface area (Å²) in [4.78, 5) is 2.45. The lowest BCUT2D eigenvalue weighted by molar-refractivity contribution is -0.180. The summed E-state index contributed by atoms with van der Waals surface area (Å²) in [6.45, 7) is 8.22. The average molecular weight is 713 g/mol. The lowest BCUT2D eigenvalue weighted by atomic mass is 9.98. The zero-order chi connectivity index (χ0) is 36.8. The van der Waals surface area contributed by atoms with Crippen LogP contribution >= 0.6 is 0 Å². The van der Waals surface area contributed by atoms with E-state index in [1.165, 1.54) is 161 Å². The van der Waals surface area contributed by atoms with Gasteiger partial charge >= 0.3 is 0 Å². The molecule has 0 saturated carbocycles. The quantitative estimate of drug-likeness (QED) is 0.0511. The van der Waals surface area contributed by atoms with Crippen LogP contribution in [0.15, 0.2) is 48.6 Å². The van der Waals surface area contributed by atoms with Crippen molar-refractivity contribution in [2.75, 3.05) is 33.3 Å². The Morgan fingerprint density at radius 3 is 1.41 bits per heavy atom. The molecule has 0 aliphatic carbocycles. The number of likely N-dealkylation sites (N-methyl/N-ethyl adjacent to an activating group) is 1. The van der Waals surface area contributed by atoms with Crippen molar-refractivity contribution in [1.82, 2.24) is 4.90 Å². The van der Waals surface area contributed by atoms with Crippen LogP contribution in [-0.4, -0.2) is 50.1 Å². The van der Waals surface area contributed by atoms with Gasteiger partial charge in [0.1, 0.15) is 0 Å². The van der Waals surface area contributed by atoms with Gasteiger partial charge in [0.2, 0.25) is 0 Å². The number of hydrogen-bond acceptors (Lipinski definition) is 4. The second kappa shape index (κ2) is 37.1. The Morgan fingerprint density at radius 1 is 0.529 bits per heavy atom. The molecule has 0 aromatic heterocycles. The second-order valence-corrected chi connectivity index (χ2v) is 15.6. The molecule has 1 aliphatic heterocycles. The zero-order valence-corrected chi connectivity index (χ0v) is 34.6. The zero-order valence-electron chi connectivity index (χ0n) is 34.6. The molecule has 0 aromatic carbocycles. The van der Waals surface area contributed by atoms with Crippen LogP contribution in [0.3, 0.4) is 0 Å². The van der Waals surface area contributed by atoms with Gasteiger partial charge < -0.3 is 20.1 Å². The highest BCUT2D eigenvalue weighted by molar-refractivity contribution is 4.93. The molecular weight excluding hydrogens is 625 g/mol. The standard InChI is InChI=1S/C47H88N2O2/c1-4-6-8-10-12-14-16-18-20-22-24-26-28-30-32-36-40-47(50-45-46(51-47)44-49(3)43-39-35-34-38-42-48)41-37-33-31-29-27-25-23-21-19-17-15-13-11-9-7-5-2/h12-15,18-21,46H,4-11,16-17,22-45,48H2,1-3H3. The van der Waals surface area contributed by atoms with Gasteiger partial charge in [-0.2, -0.15) is 0 Å². The fraction of sp³-hybridized carbons (Fsp3) is 0.830. The maximum atomic E-state index is 6.81. The normalized spacial score (nSPS) is 18.3. The number of rotatable bonds is 38. The van der Waals surface area contributed by atoms with E-state index in [1.54, 1.807) is 0 Å². The van der Waals surface area contributed by atoms with E-state index in [0.29, 0.717) is 0 Å². The van der Waals surface area contributed by atoms with Gasteiger partial charge in [-0.1, -0.05) is 152 Å². The first-order valence-corrected chi connectivity index (χ1v) is 22.5. The second-order valence-electron chi connectivity index (χ2n) is 15.6. The molecule has 0 spiro atoms. The first-order valence-electron chi connectivity index (χ1n) is 22.5. The number of allylic oxidation sites excluding steroid dienone is 8. The van der Waals surface area contributed by atoms with E-state index in [-0.39, 0.29) is 11.9 Å². The predicted molar refractivity (Wildman–Crippen MR) is 227 cm³/mol. The highest BCUT2D eigenvalue weighted by atomic mass is 16.7. The van der Waals surface area contributed by atoms with Crippen LogP contribution in [0.1, 0.15) is 206 Å². The first kappa shape index (κ1) is 47.8. The molecule has 1 rings (SSSR count). The highest BCUT2D eigenvalue weighted by Gasteiger charge is 2.40. The van der Waals surface area contributed by atoms with Gasteiger partial charge in [0.15, 0.2) is 5.79 Å². The van der Waals surface area contributed by atoms with Crippen molar-refractivity contribution in [3.8, 4) is 0 Å². The molecular formula is C47H88N2O2. The van der Waals surface area contributed by atoms with E-state index in [0.717, 1.165) is 58.3 Å². The van der Waals surface area contributed by atoms with Crippen LogP contribution in [0.2, 0.25) is 0 Å². The first-order chi connectivity index (χ1) is 25.2. The molecule has 1 unspecified atom stereocenters. The molecule has 298 valence electrons. The Balaban J connectivity index is 2.29. The van der Waals surface area contributed by atoms with Crippen molar-refractivity contribution in [2.45, 2.75) is 218 Å². The van der Waals surface area contributed by atoms with Crippen molar-refractivity contribution in [1.29, 1.82) is 0 Å². The van der Waals surface area contributed by atoms with Crippen molar-refractivity contribution in [2.24, 2.45) is 5.73 Å². The van der Waals surface area contributed by atoms with Crippen LogP contribution in [0, 0.1) is 0 Å². The molecule has 1 fully saturated rings. The van der Waals surface area contributed by atoms with Crippen LogP contribution in [0.25, 0.3) is 0 Å². The summed E-state index contributed by atoms with van der Waals surface area (Å²) in [5.41, 5.74) is 5.67. The number of unbranched alkanes of at least 4 members (excludes halogenated alkanes) is 21. The molecule has 0 aromatic rings. The Bertz CT molecular complexity index is 786. The highest BCUT2D eigenvalue weighted by Crippen LogP contribution is 2.35. The Labute approximate surface area is 319 Å². The number of ether oxygens (including phenoxy) is 2. The maximum Gasteiger partial charge on any atom is 0.168 e. The summed E-state index contributed by atoms with van der Waals surface area (Å²) in [5, 5.41) is 0. The van der Waals surface area contributed by atoms with Crippen molar-refractivity contribution in [3.05, 3.63) is 48.6 Å². The van der Waals surface area contributed by atoms with Crippen molar-refractivity contribution >= 4 is 0 Å². The molecule has 4 heteroatoms. The van der Waals surface area contributed by atoms with E-state index in [2.05, 4.69) is 74.4 Å². The molecule has 0 bridgehead atoms. The monoisotopic (exact) mass is 713 g/mol.